The van der Waals surface area contributed by atoms with Gasteiger partial charge < -0.3 is 14.8 Å². The fourth-order valence-corrected chi connectivity index (χ4v) is 2.53. The number of nitrogens with zero attached hydrogens (tertiary/aromatic N) is 3. The molecular weight excluding hydrogens is 320 g/mol. The van der Waals surface area contributed by atoms with Gasteiger partial charge in [0.1, 0.15) is 6.61 Å². The molecule has 1 saturated heterocycles. The van der Waals surface area contributed by atoms with Crippen molar-refractivity contribution in [3.63, 3.8) is 0 Å². The predicted molar refractivity (Wildman–Crippen MR) is 93.6 cm³/mol. The third-order valence-corrected chi connectivity index (χ3v) is 3.90. The van der Waals surface area contributed by atoms with Gasteiger partial charge in [0, 0.05) is 38.1 Å². The molecule has 1 fully saturated rings. The van der Waals surface area contributed by atoms with Gasteiger partial charge in [-0.15, -0.1) is 0 Å². The average Bonchev–Trinajstić information content (AvgIpc) is 2.65. The first-order chi connectivity index (χ1) is 12.3. The van der Waals surface area contributed by atoms with E-state index in [1.165, 1.54) is 0 Å². The van der Waals surface area contributed by atoms with E-state index in [4.69, 9.17) is 9.47 Å². The first-order valence-corrected chi connectivity index (χ1v) is 8.37. The molecule has 0 bridgehead atoms. The highest BCUT2D eigenvalue weighted by Crippen LogP contribution is 2.12. The molecule has 0 spiro atoms. The second kappa shape index (κ2) is 9.10. The molecule has 25 heavy (non-hydrogen) atoms. The zero-order valence-corrected chi connectivity index (χ0v) is 14.1. The molecule has 1 aliphatic rings. The van der Waals surface area contributed by atoms with Gasteiger partial charge in [-0.05, 0) is 23.8 Å². The van der Waals surface area contributed by atoms with Crippen LogP contribution in [0.25, 0.3) is 0 Å². The minimum Gasteiger partial charge on any atom is -0.476 e. The highest BCUT2D eigenvalue weighted by atomic mass is 16.5. The smallest absolute Gasteiger partial charge is 0.228 e. The number of hydrogen-bond donors (Lipinski definition) is 1. The van der Waals surface area contributed by atoms with Crippen LogP contribution >= 0.6 is 0 Å². The normalized spacial score (nSPS) is 14.9. The molecule has 7 heteroatoms. The number of nitrogens with one attached hydrogen (secondary N) is 1. The summed E-state index contributed by atoms with van der Waals surface area (Å²) in [5.41, 5.74) is 1.57. The first kappa shape index (κ1) is 17.3. The molecule has 7 nitrogen and oxygen atoms in total. The monoisotopic (exact) mass is 342 g/mol. The molecule has 1 amide bonds. The van der Waals surface area contributed by atoms with Gasteiger partial charge in [0.25, 0.3) is 0 Å². The maximum atomic E-state index is 12.0. The number of hydrogen-bond acceptors (Lipinski definition) is 6. The van der Waals surface area contributed by atoms with Crippen molar-refractivity contribution in [1.29, 1.82) is 0 Å². The number of pyridine rings is 2. The van der Waals surface area contributed by atoms with Gasteiger partial charge in [-0.25, -0.2) is 4.98 Å². The Labute approximate surface area is 147 Å². The van der Waals surface area contributed by atoms with Crippen molar-refractivity contribution >= 4 is 11.6 Å². The van der Waals surface area contributed by atoms with Crippen molar-refractivity contribution in [3.05, 3.63) is 48.4 Å². The molecule has 0 atom stereocenters. The number of anilines is 1. The number of carbonyl (C=O) groups is 1. The van der Waals surface area contributed by atoms with E-state index in [2.05, 4.69) is 20.2 Å². The number of rotatable bonds is 7. The number of ether oxygens (including phenoxy) is 2. The lowest BCUT2D eigenvalue weighted by Crippen LogP contribution is -2.38. The Morgan fingerprint density at radius 3 is 2.72 bits per heavy atom. The van der Waals surface area contributed by atoms with Crippen molar-refractivity contribution in [2.75, 3.05) is 44.8 Å². The minimum atomic E-state index is -0.0889. The summed E-state index contributed by atoms with van der Waals surface area (Å²) in [4.78, 5) is 22.5. The summed E-state index contributed by atoms with van der Waals surface area (Å²) >= 11 is 0. The molecule has 3 heterocycles. The van der Waals surface area contributed by atoms with E-state index in [1.54, 1.807) is 30.7 Å². The fraction of sp³-hybridized carbons (Fsp3) is 0.389. The van der Waals surface area contributed by atoms with Gasteiger partial charge in [0.2, 0.25) is 11.8 Å². The summed E-state index contributed by atoms with van der Waals surface area (Å²) in [6, 6.07) is 7.20. The average molecular weight is 342 g/mol. The van der Waals surface area contributed by atoms with Crippen LogP contribution in [0.1, 0.15) is 5.56 Å². The van der Waals surface area contributed by atoms with Gasteiger partial charge in [-0.3, -0.25) is 14.7 Å². The second-order valence-corrected chi connectivity index (χ2v) is 5.77. The Morgan fingerprint density at radius 2 is 2.00 bits per heavy atom. The van der Waals surface area contributed by atoms with Crippen LogP contribution in [0.4, 0.5) is 5.69 Å². The second-order valence-electron chi connectivity index (χ2n) is 5.77. The zero-order chi connectivity index (χ0) is 17.3. The molecular formula is C18H22N4O3. The van der Waals surface area contributed by atoms with E-state index < -0.39 is 0 Å². The Kier molecular flexibility index (Phi) is 6.30. The Bertz CT molecular complexity index is 658. The van der Waals surface area contributed by atoms with E-state index in [1.807, 2.05) is 12.1 Å². The van der Waals surface area contributed by atoms with Crippen molar-refractivity contribution in [2.45, 2.75) is 6.42 Å². The van der Waals surface area contributed by atoms with Crippen molar-refractivity contribution in [2.24, 2.45) is 0 Å². The number of morpholine rings is 1. The lowest BCUT2D eigenvalue weighted by Gasteiger charge is -2.26. The van der Waals surface area contributed by atoms with E-state index >= 15 is 0 Å². The lowest BCUT2D eigenvalue weighted by atomic mass is 10.2. The van der Waals surface area contributed by atoms with Crippen LogP contribution in [-0.4, -0.2) is 60.2 Å². The zero-order valence-electron chi connectivity index (χ0n) is 14.1. The van der Waals surface area contributed by atoms with Crippen LogP contribution in [0.2, 0.25) is 0 Å². The molecule has 132 valence electrons. The van der Waals surface area contributed by atoms with E-state index in [0.29, 0.717) is 24.6 Å². The maximum absolute atomic E-state index is 12.0. The van der Waals surface area contributed by atoms with Crippen LogP contribution in [0.3, 0.4) is 0 Å². The number of carbonyl (C=O) groups excluding carboxylic acids is 1. The molecule has 0 aromatic carbocycles. The van der Waals surface area contributed by atoms with Crippen LogP contribution < -0.4 is 10.1 Å². The summed E-state index contributed by atoms with van der Waals surface area (Å²) in [7, 11) is 0. The first-order valence-electron chi connectivity index (χ1n) is 8.37. The van der Waals surface area contributed by atoms with E-state index in [9.17, 15) is 4.79 Å². The number of amides is 1. The molecule has 0 aliphatic carbocycles. The molecule has 1 N–H and O–H groups in total. The minimum absolute atomic E-state index is 0.0889. The highest BCUT2D eigenvalue weighted by Gasteiger charge is 2.10. The van der Waals surface area contributed by atoms with Crippen LogP contribution in [0.15, 0.2) is 42.9 Å². The molecule has 1 aliphatic heterocycles. The molecule has 0 radical (unpaired) electrons. The predicted octanol–water partition coefficient (Wildman–Crippen LogP) is 1.37. The Morgan fingerprint density at radius 1 is 1.20 bits per heavy atom. The fourth-order valence-electron chi connectivity index (χ4n) is 2.53. The summed E-state index contributed by atoms with van der Waals surface area (Å²) in [5, 5.41) is 2.83. The van der Waals surface area contributed by atoms with Crippen molar-refractivity contribution < 1.29 is 14.3 Å². The largest absolute Gasteiger partial charge is 0.476 e. The van der Waals surface area contributed by atoms with Gasteiger partial charge in [0.05, 0.1) is 31.5 Å². The third-order valence-electron chi connectivity index (χ3n) is 3.90. The van der Waals surface area contributed by atoms with Crippen molar-refractivity contribution in [1.82, 2.24) is 14.9 Å². The molecule has 2 aromatic heterocycles. The van der Waals surface area contributed by atoms with Crippen molar-refractivity contribution in [3.8, 4) is 5.88 Å². The summed E-state index contributed by atoms with van der Waals surface area (Å²) in [6.45, 7) is 4.90. The lowest BCUT2D eigenvalue weighted by molar-refractivity contribution is -0.115. The van der Waals surface area contributed by atoms with E-state index in [0.717, 1.165) is 38.4 Å². The van der Waals surface area contributed by atoms with Gasteiger partial charge in [-0.1, -0.05) is 0 Å². The van der Waals surface area contributed by atoms with Crippen LogP contribution in [0.5, 0.6) is 5.88 Å². The molecule has 0 saturated carbocycles. The maximum Gasteiger partial charge on any atom is 0.228 e. The van der Waals surface area contributed by atoms with Crippen LogP contribution in [0, 0.1) is 0 Å². The van der Waals surface area contributed by atoms with E-state index in [-0.39, 0.29) is 5.91 Å². The van der Waals surface area contributed by atoms with Gasteiger partial charge >= 0.3 is 0 Å². The summed E-state index contributed by atoms with van der Waals surface area (Å²) in [6.07, 6.45) is 5.26. The van der Waals surface area contributed by atoms with Gasteiger partial charge in [-0.2, -0.15) is 0 Å². The molecule has 2 aromatic rings. The third kappa shape index (κ3) is 5.81. The topological polar surface area (TPSA) is 76.6 Å². The van der Waals surface area contributed by atoms with Gasteiger partial charge in [0.15, 0.2) is 0 Å². The standard InChI is InChI=1S/C18H22N4O3/c23-17(13-15-3-5-19-6-4-15)21-16-1-2-18(20-14-16)25-12-9-22-7-10-24-11-8-22/h1-6,14H,7-13H2,(H,21,23). The molecule has 0 unspecified atom stereocenters. The SMILES string of the molecule is O=C(Cc1ccncc1)Nc1ccc(OCCN2CCOCC2)nc1. The molecule has 3 rings (SSSR count). The number of aromatic nitrogens is 2. The Hall–Kier alpha value is -2.51. The highest BCUT2D eigenvalue weighted by molar-refractivity contribution is 5.92. The summed E-state index contributed by atoms with van der Waals surface area (Å²) in [5.74, 6) is 0.467. The Balaban J connectivity index is 1.41. The van der Waals surface area contributed by atoms with Crippen LogP contribution in [-0.2, 0) is 16.0 Å². The summed E-state index contributed by atoms with van der Waals surface area (Å²) < 4.78 is 11.0. The quantitative estimate of drug-likeness (QED) is 0.819.